The maximum Gasteiger partial charge on any atom is 0.263 e. The van der Waals surface area contributed by atoms with Crippen LogP contribution in [0.25, 0.3) is 10.3 Å². The van der Waals surface area contributed by atoms with E-state index in [9.17, 15) is 4.79 Å². The number of fused-ring (bicyclic) bond motifs is 1. The molecule has 0 saturated carbocycles. The highest BCUT2D eigenvalue weighted by Gasteiger charge is 2.17. The van der Waals surface area contributed by atoms with Gasteiger partial charge < -0.3 is 11.1 Å². The van der Waals surface area contributed by atoms with Crippen LogP contribution in [-0.4, -0.2) is 37.2 Å². The number of rotatable bonds is 4. The summed E-state index contributed by atoms with van der Waals surface area (Å²) in [5.74, 6) is 0.457. The molecule has 3 N–H and O–H groups in total. The molecule has 0 saturated heterocycles. The van der Waals surface area contributed by atoms with Crippen molar-refractivity contribution in [2.24, 2.45) is 7.05 Å². The molecule has 0 aliphatic heterocycles. The molecule has 0 aromatic carbocycles. The van der Waals surface area contributed by atoms with Crippen molar-refractivity contribution in [1.29, 1.82) is 0 Å². The number of thiophene rings is 1. The molecule has 0 atom stereocenters. The number of hydrogen-bond donors (Lipinski definition) is 2. The van der Waals surface area contributed by atoms with Gasteiger partial charge in [0.25, 0.3) is 5.91 Å². The lowest BCUT2D eigenvalue weighted by Gasteiger charge is -2.02. The number of aryl methyl sites for hydroxylation is 1. The molecule has 21 heavy (non-hydrogen) atoms. The zero-order valence-corrected chi connectivity index (χ0v) is 12.1. The van der Waals surface area contributed by atoms with E-state index in [1.165, 1.54) is 11.3 Å². The summed E-state index contributed by atoms with van der Waals surface area (Å²) in [6, 6.07) is 0. The normalized spacial score (nSPS) is 10.9. The highest BCUT2D eigenvalue weighted by Crippen LogP contribution is 2.30. The average Bonchev–Trinajstić information content (AvgIpc) is 3.03. The molecule has 9 heteroatoms. The average molecular weight is 303 g/mol. The molecule has 1 amide bonds. The molecule has 0 aliphatic rings. The summed E-state index contributed by atoms with van der Waals surface area (Å²) in [5.41, 5.74) is 6.89. The van der Waals surface area contributed by atoms with E-state index in [-0.39, 0.29) is 5.91 Å². The van der Waals surface area contributed by atoms with Crippen molar-refractivity contribution < 1.29 is 4.79 Å². The van der Waals surface area contributed by atoms with Crippen LogP contribution in [0, 0.1) is 0 Å². The van der Waals surface area contributed by atoms with Gasteiger partial charge in [-0.25, -0.2) is 15.0 Å². The van der Waals surface area contributed by atoms with Crippen molar-refractivity contribution in [2.45, 2.75) is 6.42 Å². The molecule has 0 bridgehead atoms. The minimum atomic E-state index is -0.228. The fourth-order valence-electron chi connectivity index (χ4n) is 1.88. The largest absolute Gasteiger partial charge is 0.396 e. The van der Waals surface area contributed by atoms with Crippen LogP contribution in [-0.2, 0) is 13.5 Å². The number of hydrogen-bond acceptors (Lipinski definition) is 7. The summed E-state index contributed by atoms with van der Waals surface area (Å²) in [5, 5.41) is 6.95. The molecule has 0 spiro atoms. The van der Waals surface area contributed by atoms with Crippen molar-refractivity contribution in [2.75, 3.05) is 12.3 Å². The summed E-state index contributed by atoms with van der Waals surface area (Å²) in [4.78, 5) is 25.6. The van der Waals surface area contributed by atoms with Gasteiger partial charge in [-0.1, -0.05) is 0 Å². The Labute approximate surface area is 124 Å². The lowest BCUT2D eigenvalue weighted by molar-refractivity contribution is 0.0959. The van der Waals surface area contributed by atoms with E-state index in [0.29, 0.717) is 39.7 Å². The van der Waals surface area contributed by atoms with E-state index in [1.807, 2.05) is 0 Å². The molecular formula is C12H13N7OS. The summed E-state index contributed by atoms with van der Waals surface area (Å²) < 4.78 is 1.62. The number of nitrogen functional groups attached to an aromatic ring is 1. The Morgan fingerprint density at radius 3 is 2.90 bits per heavy atom. The number of anilines is 1. The number of nitrogens with one attached hydrogen (secondary N) is 1. The molecule has 108 valence electrons. The summed E-state index contributed by atoms with van der Waals surface area (Å²) >= 11 is 1.24. The van der Waals surface area contributed by atoms with Gasteiger partial charge in [0.2, 0.25) is 0 Å². The fourth-order valence-corrected chi connectivity index (χ4v) is 2.82. The van der Waals surface area contributed by atoms with Crippen LogP contribution < -0.4 is 11.1 Å². The first-order chi connectivity index (χ1) is 10.1. The van der Waals surface area contributed by atoms with E-state index < -0.39 is 0 Å². The van der Waals surface area contributed by atoms with Gasteiger partial charge >= 0.3 is 0 Å². The van der Waals surface area contributed by atoms with E-state index in [4.69, 9.17) is 5.73 Å². The Kier molecular flexibility index (Phi) is 3.48. The minimum absolute atomic E-state index is 0.228. The third-order valence-electron chi connectivity index (χ3n) is 2.85. The summed E-state index contributed by atoms with van der Waals surface area (Å²) in [6.45, 7) is 0.442. The molecule has 3 heterocycles. The predicted octanol–water partition coefficient (Wildman–Crippen LogP) is 0.374. The first-order valence-electron chi connectivity index (χ1n) is 6.27. The topological polar surface area (TPSA) is 112 Å². The van der Waals surface area contributed by atoms with E-state index in [1.54, 1.807) is 30.5 Å². The number of nitrogens with zero attached hydrogens (tertiary/aromatic N) is 5. The van der Waals surface area contributed by atoms with Gasteiger partial charge in [-0.15, -0.1) is 11.3 Å². The van der Waals surface area contributed by atoms with E-state index in [0.717, 1.165) is 0 Å². The quantitative estimate of drug-likeness (QED) is 0.720. The van der Waals surface area contributed by atoms with Crippen LogP contribution in [0.5, 0.6) is 0 Å². The molecule has 3 aromatic heterocycles. The van der Waals surface area contributed by atoms with Crippen molar-refractivity contribution in [1.82, 2.24) is 30.0 Å². The molecule has 0 aliphatic carbocycles. The minimum Gasteiger partial charge on any atom is -0.396 e. The highest BCUT2D eigenvalue weighted by molar-refractivity contribution is 7.21. The monoisotopic (exact) mass is 303 g/mol. The van der Waals surface area contributed by atoms with Crippen LogP contribution in [0.4, 0.5) is 5.69 Å². The van der Waals surface area contributed by atoms with Gasteiger partial charge in [-0.05, 0) is 0 Å². The van der Waals surface area contributed by atoms with Crippen LogP contribution in [0.3, 0.4) is 0 Å². The van der Waals surface area contributed by atoms with Crippen LogP contribution in [0.15, 0.2) is 18.7 Å². The second-order valence-corrected chi connectivity index (χ2v) is 5.39. The van der Waals surface area contributed by atoms with Crippen molar-refractivity contribution in [3.05, 3.63) is 29.4 Å². The highest BCUT2D eigenvalue weighted by atomic mass is 32.1. The fraction of sp³-hybridized carbons (Fsp3) is 0.250. The number of carbonyl (C=O) groups excluding carboxylic acids is 1. The van der Waals surface area contributed by atoms with Crippen molar-refractivity contribution in [3.8, 4) is 0 Å². The number of nitrogens with two attached hydrogens (primary N) is 1. The molecule has 8 nitrogen and oxygen atoms in total. The lowest BCUT2D eigenvalue weighted by Crippen LogP contribution is -2.25. The van der Waals surface area contributed by atoms with E-state index >= 15 is 0 Å². The van der Waals surface area contributed by atoms with Crippen molar-refractivity contribution in [3.63, 3.8) is 0 Å². The maximum atomic E-state index is 12.1. The van der Waals surface area contributed by atoms with E-state index in [2.05, 4.69) is 25.4 Å². The Morgan fingerprint density at radius 2 is 2.19 bits per heavy atom. The third-order valence-corrected chi connectivity index (χ3v) is 3.95. The first kappa shape index (κ1) is 13.4. The van der Waals surface area contributed by atoms with Crippen LogP contribution >= 0.6 is 11.3 Å². The second kappa shape index (κ2) is 5.44. The predicted molar refractivity (Wildman–Crippen MR) is 78.9 cm³/mol. The molecule has 3 rings (SSSR count). The second-order valence-electron chi connectivity index (χ2n) is 4.40. The Balaban J connectivity index is 1.68. The number of amides is 1. The van der Waals surface area contributed by atoms with Gasteiger partial charge in [-0.2, -0.15) is 5.10 Å². The Hall–Kier alpha value is -2.55. The summed E-state index contributed by atoms with van der Waals surface area (Å²) in [7, 11) is 1.80. The summed E-state index contributed by atoms with van der Waals surface area (Å²) in [6.07, 6.45) is 5.32. The molecule has 0 unspecified atom stereocenters. The number of carbonyl (C=O) groups is 1. The molecular weight excluding hydrogens is 290 g/mol. The van der Waals surface area contributed by atoms with Gasteiger partial charge in [0, 0.05) is 32.4 Å². The van der Waals surface area contributed by atoms with Crippen LogP contribution in [0.2, 0.25) is 0 Å². The zero-order valence-electron chi connectivity index (χ0n) is 11.3. The van der Waals surface area contributed by atoms with Crippen molar-refractivity contribution >= 4 is 33.3 Å². The van der Waals surface area contributed by atoms with Gasteiger partial charge in [0.1, 0.15) is 21.6 Å². The maximum absolute atomic E-state index is 12.1. The third kappa shape index (κ3) is 2.68. The Bertz CT molecular complexity index is 794. The smallest absolute Gasteiger partial charge is 0.263 e. The lowest BCUT2D eigenvalue weighted by atomic mass is 10.3. The molecule has 0 fully saturated rings. The standard InChI is InChI=1S/C12H13N7OS/c1-19-6-17-7(18-19)2-3-15-11(20)10-8(13)9-12(21-10)16-5-4-14-9/h4-6H,2-3,13H2,1H3,(H,15,20). The van der Waals surface area contributed by atoms with Gasteiger partial charge in [-0.3, -0.25) is 9.48 Å². The SMILES string of the molecule is Cn1cnc(CCNC(=O)c2sc3nccnc3c2N)n1. The molecule has 3 aromatic rings. The Morgan fingerprint density at radius 1 is 1.38 bits per heavy atom. The van der Waals surface area contributed by atoms with Gasteiger partial charge in [0.05, 0.1) is 5.69 Å². The molecule has 0 radical (unpaired) electrons. The first-order valence-corrected chi connectivity index (χ1v) is 7.08. The van der Waals surface area contributed by atoms with Crippen LogP contribution in [0.1, 0.15) is 15.5 Å². The zero-order chi connectivity index (χ0) is 14.8. The number of aromatic nitrogens is 5. The van der Waals surface area contributed by atoms with Gasteiger partial charge in [0.15, 0.2) is 5.82 Å².